The van der Waals surface area contributed by atoms with E-state index in [2.05, 4.69) is 4.98 Å². The number of aliphatic hydroxyl groups is 1. The SMILES string of the molecule is O=c1ccn([C@H]2C[C@H](OCc3ccccc3)[C@@H](COCc3ccccc3)[C@@H]2O)c(=O)[nH]1. The first-order chi connectivity index (χ1) is 15.1. The van der Waals surface area contributed by atoms with E-state index < -0.39 is 23.4 Å². The van der Waals surface area contributed by atoms with Gasteiger partial charge in [0.25, 0.3) is 5.56 Å². The van der Waals surface area contributed by atoms with Crippen molar-refractivity contribution in [2.45, 2.75) is 37.9 Å². The number of aromatic amines is 1. The van der Waals surface area contributed by atoms with Crippen LogP contribution >= 0.6 is 0 Å². The highest BCUT2D eigenvalue weighted by atomic mass is 16.5. The maximum absolute atomic E-state index is 12.3. The summed E-state index contributed by atoms with van der Waals surface area (Å²) in [5.74, 6) is -0.309. The van der Waals surface area contributed by atoms with Crippen LogP contribution in [0.25, 0.3) is 0 Å². The minimum atomic E-state index is -0.847. The van der Waals surface area contributed by atoms with Gasteiger partial charge in [0.2, 0.25) is 0 Å². The van der Waals surface area contributed by atoms with E-state index in [4.69, 9.17) is 9.47 Å². The maximum atomic E-state index is 12.3. The Morgan fingerprint density at radius 3 is 2.23 bits per heavy atom. The van der Waals surface area contributed by atoms with Crippen LogP contribution in [0.3, 0.4) is 0 Å². The van der Waals surface area contributed by atoms with Crippen LogP contribution in [-0.4, -0.2) is 33.5 Å². The number of rotatable bonds is 8. The summed E-state index contributed by atoms with van der Waals surface area (Å²) in [6, 6.07) is 20.4. The molecule has 0 aliphatic heterocycles. The van der Waals surface area contributed by atoms with Gasteiger partial charge in [-0.25, -0.2) is 4.79 Å². The van der Waals surface area contributed by atoms with E-state index >= 15 is 0 Å². The zero-order chi connectivity index (χ0) is 21.6. The van der Waals surface area contributed by atoms with Crippen LogP contribution in [0.2, 0.25) is 0 Å². The van der Waals surface area contributed by atoms with Gasteiger partial charge in [-0.05, 0) is 17.5 Å². The van der Waals surface area contributed by atoms with Crippen LogP contribution in [0.5, 0.6) is 0 Å². The second-order valence-electron chi connectivity index (χ2n) is 7.81. The summed E-state index contributed by atoms with van der Waals surface area (Å²) in [7, 11) is 0. The average molecular weight is 422 g/mol. The fraction of sp³-hybridized carbons (Fsp3) is 0.333. The van der Waals surface area contributed by atoms with E-state index in [1.165, 1.54) is 16.8 Å². The van der Waals surface area contributed by atoms with Gasteiger partial charge in [-0.15, -0.1) is 0 Å². The number of hydrogen-bond donors (Lipinski definition) is 2. The molecule has 1 saturated carbocycles. The van der Waals surface area contributed by atoms with Gasteiger partial charge in [0, 0.05) is 18.2 Å². The summed E-state index contributed by atoms with van der Waals surface area (Å²) in [5, 5.41) is 11.0. The Morgan fingerprint density at radius 2 is 1.58 bits per heavy atom. The summed E-state index contributed by atoms with van der Waals surface area (Å²) in [5.41, 5.74) is 1.08. The van der Waals surface area contributed by atoms with Crippen LogP contribution in [0, 0.1) is 5.92 Å². The molecular formula is C24H26N2O5. The number of hydrogen-bond acceptors (Lipinski definition) is 5. The van der Waals surface area contributed by atoms with Gasteiger partial charge < -0.3 is 14.6 Å². The molecule has 1 aliphatic rings. The molecule has 4 rings (SSSR count). The van der Waals surface area contributed by atoms with Gasteiger partial charge in [0.05, 0.1) is 38.1 Å². The summed E-state index contributed by atoms with van der Waals surface area (Å²) in [6.45, 7) is 1.13. The topological polar surface area (TPSA) is 93.5 Å². The maximum Gasteiger partial charge on any atom is 0.328 e. The molecule has 31 heavy (non-hydrogen) atoms. The molecule has 0 radical (unpaired) electrons. The van der Waals surface area contributed by atoms with E-state index in [1.54, 1.807) is 0 Å². The fourth-order valence-corrected chi connectivity index (χ4v) is 4.09. The first kappa shape index (κ1) is 21.2. The molecule has 0 amide bonds. The molecule has 0 bridgehead atoms. The Kier molecular flexibility index (Phi) is 6.76. The number of nitrogens with zero attached hydrogens (tertiary/aromatic N) is 1. The highest BCUT2D eigenvalue weighted by Gasteiger charge is 2.44. The molecule has 2 aromatic carbocycles. The van der Waals surface area contributed by atoms with Crippen molar-refractivity contribution in [3.05, 3.63) is 105 Å². The standard InChI is InChI=1S/C24H26N2O5/c27-22-11-12-26(24(29)25-22)20-13-21(31-15-18-9-5-2-6-10-18)19(23(20)28)16-30-14-17-7-3-1-4-8-17/h1-12,19-21,23,28H,13-16H2,(H,25,27,29)/t19-,20+,21+,23+/m1/s1. The number of aromatic nitrogens is 2. The molecule has 0 saturated heterocycles. The minimum Gasteiger partial charge on any atom is -0.390 e. The molecule has 7 heteroatoms. The Morgan fingerprint density at radius 1 is 0.935 bits per heavy atom. The van der Waals surface area contributed by atoms with E-state index in [0.717, 1.165) is 11.1 Å². The smallest absolute Gasteiger partial charge is 0.328 e. The molecule has 1 aliphatic carbocycles. The molecule has 0 spiro atoms. The first-order valence-electron chi connectivity index (χ1n) is 10.4. The van der Waals surface area contributed by atoms with Crippen molar-refractivity contribution < 1.29 is 14.6 Å². The Bertz CT molecular complexity index is 1080. The van der Waals surface area contributed by atoms with E-state index in [-0.39, 0.29) is 12.0 Å². The van der Waals surface area contributed by atoms with Crippen LogP contribution in [0.15, 0.2) is 82.5 Å². The third kappa shape index (κ3) is 5.19. The zero-order valence-electron chi connectivity index (χ0n) is 17.1. The number of ether oxygens (including phenoxy) is 2. The molecular weight excluding hydrogens is 396 g/mol. The van der Waals surface area contributed by atoms with E-state index in [0.29, 0.717) is 26.2 Å². The van der Waals surface area contributed by atoms with Gasteiger partial charge in [-0.1, -0.05) is 60.7 Å². The average Bonchev–Trinajstić information content (AvgIpc) is 3.09. The normalized spacial score (nSPS) is 23.1. The van der Waals surface area contributed by atoms with Crippen LogP contribution in [-0.2, 0) is 22.7 Å². The molecule has 1 aromatic heterocycles. The summed E-state index contributed by atoms with van der Waals surface area (Å²) in [4.78, 5) is 26.0. The molecule has 7 nitrogen and oxygen atoms in total. The third-order valence-electron chi connectivity index (χ3n) is 5.72. The van der Waals surface area contributed by atoms with Crippen LogP contribution in [0.1, 0.15) is 23.6 Å². The summed E-state index contributed by atoms with van der Waals surface area (Å²) < 4.78 is 13.4. The largest absolute Gasteiger partial charge is 0.390 e. The molecule has 2 N–H and O–H groups in total. The van der Waals surface area contributed by atoms with Gasteiger partial charge in [0.15, 0.2) is 0 Å². The van der Waals surface area contributed by atoms with Crippen molar-refractivity contribution in [2.24, 2.45) is 5.92 Å². The zero-order valence-corrected chi connectivity index (χ0v) is 17.1. The fourth-order valence-electron chi connectivity index (χ4n) is 4.09. The van der Waals surface area contributed by atoms with Crippen molar-refractivity contribution in [3.63, 3.8) is 0 Å². The van der Waals surface area contributed by atoms with E-state index in [9.17, 15) is 14.7 Å². The molecule has 0 unspecified atom stereocenters. The first-order valence-corrected chi connectivity index (χ1v) is 10.4. The monoisotopic (exact) mass is 422 g/mol. The lowest BCUT2D eigenvalue weighted by Gasteiger charge is -2.23. The second-order valence-corrected chi connectivity index (χ2v) is 7.81. The van der Waals surface area contributed by atoms with Crippen molar-refractivity contribution in [1.29, 1.82) is 0 Å². The van der Waals surface area contributed by atoms with Crippen molar-refractivity contribution >= 4 is 0 Å². The van der Waals surface area contributed by atoms with Gasteiger partial charge >= 0.3 is 5.69 Å². The molecule has 1 fully saturated rings. The van der Waals surface area contributed by atoms with Crippen molar-refractivity contribution in [3.8, 4) is 0 Å². The van der Waals surface area contributed by atoms with Gasteiger partial charge in [-0.2, -0.15) is 0 Å². The summed E-state index contributed by atoms with van der Waals surface area (Å²) in [6.07, 6.45) is 0.727. The number of benzene rings is 2. The minimum absolute atomic E-state index is 0.296. The van der Waals surface area contributed by atoms with E-state index in [1.807, 2.05) is 60.7 Å². The Hall–Kier alpha value is -3.00. The molecule has 4 atom stereocenters. The lowest BCUT2D eigenvalue weighted by atomic mass is 10.0. The summed E-state index contributed by atoms with van der Waals surface area (Å²) >= 11 is 0. The predicted octanol–water partition coefficient (Wildman–Crippen LogP) is 2.26. The van der Waals surface area contributed by atoms with Crippen LogP contribution < -0.4 is 11.2 Å². The quantitative estimate of drug-likeness (QED) is 0.581. The Labute approximate surface area is 179 Å². The molecule has 1 heterocycles. The van der Waals surface area contributed by atoms with Gasteiger partial charge in [0.1, 0.15) is 0 Å². The highest BCUT2D eigenvalue weighted by Crippen LogP contribution is 2.37. The number of H-pyrrole nitrogens is 1. The predicted molar refractivity (Wildman–Crippen MR) is 116 cm³/mol. The molecule has 3 aromatic rings. The lowest BCUT2D eigenvalue weighted by molar-refractivity contribution is -0.0476. The van der Waals surface area contributed by atoms with Gasteiger partial charge in [-0.3, -0.25) is 14.3 Å². The number of nitrogens with one attached hydrogen (secondary N) is 1. The lowest BCUT2D eigenvalue weighted by Crippen LogP contribution is -2.36. The highest BCUT2D eigenvalue weighted by molar-refractivity contribution is 5.14. The van der Waals surface area contributed by atoms with Crippen LogP contribution in [0.4, 0.5) is 0 Å². The molecule has 162 valence electrons. The Balaban J connectivity index is 1.49. The van der Waals surface area contributed by atoms with Crippen molar-refractivity contribution in [1.82, 2.24) is 9.55 Å². The van der Waals surface area contributed by atoms with Crippen molar-refractivity contribution in [2.75, 3.05) is 6.61 Å². The second kappa shape index (κ2) is 9.87. The third-order valence-corrected chi connectivity index (χ3v) is 5.72. The number of aliphatic hydroxyl groups excluding tert-OH is 1.